The molecule has 0 fully saturated rings. The second-order valence-corrected chi connectivity index (χ2v) is 7.54. The van der Waals surface area contributed by atoms with E-state index in [1.807, 2.05) is 48.2 Å². The summed E-state index contributed by atoms with van der Waals surface area (Å²) in [6.45, 7) is 5.13. The van der Waals surface area contributed by atoms with E-state index in [2.05, 4.69) is 29.4 Å². The Hall–Kier alpha value is -2.70. The third-order valence-corrected chi connectivity index (χ3v) is 5.31. The molecule has 0 bridgehead atoms. The number of hydrogen-bond acceptors (Lipinski definition) is 3. The van der Waals surface area contributed by atoms with Crippen molar-refractivity contribution in [1.82, 2.24) is 9.88 Å². The first-order valence-corrected chi connectivity index (χ1v) is 10.3. The van der Waals surface area contributed by atoms with Crippen LogP contribution in [-0.2, 0) is 13.0 Å². The zero-order valence-corrected chi connectivity index (χ0v) is 17.7. The molecule has 0 aliphatic carbocycles. The first-order valence-electron chi connectivity index (χ1n) is 9.89. The Kier molecular flexibility index (Phi) is 7.01. The van der Waals surface area contributed by atoms with Crippen molar-refractivity contribution in [2.45, 2.75) is 33.2 Å². The number of benzene rings is 2. The van der Waals surface area contributed by atoms with Gasteiger partial charge in [0.05, 0.1) is 6.54 Å². The molecule has 0 saturated carbocycles. The number of thiocarbonyl (C=S) groups is 1. The summed E-state index contributed by atoms with van der Waals surface area (Å²) in [6.07, 6.45) is 1.47. The number of aryl methyl sites for hydroxylation is 2. The fraction of sp³-hybridized carbons (Fsp3) is 0.304. The first kappa shape index (κ1) is 21.0. The summed E-state index contributed by atoms with van der Waals surface area (Å²) >= 11 is 5.66. The van der Waals surface area contributed by atoms with Gasteiger partial charge in [-0.25, -0.2) is 0 Å². The lowest BCUT2D eigenvalue weighted by Gasteiger charge is -2.26. The zero-order chi connectivity index (χ0) is 20.8. The first-order chi connectivity index (χ1) is 14.0. The van der Waals surface area contributed by atoms with Crippen molar-refractivity contribution in [1.29, 1.82) is 0 Å². The number of pyridine rings is 1. The molecule has 1 heterocycles. The molecule has 2 aromatic carbocycles. The molecular formula is C23H27N3O2S. The Bertz CT molecular complexity index is 1060. The number of rotatable bonds is 7. The van der Waals surface area contributed by atoms with E-state index in [1.54, 1.807) is 0 Å². The van der Waals surface area contributed by atoms with Crippen LogP contribution in [0.15, 0.2) is 53.3 Å². The molecule has 3 aromatic rings. The highest BCUT2D eigenvalue weighted by Crippen LogP contribution is 2.18. The Labute approximate surface area is 176 Å². The molecule has 0 spiro atoms. The summed E-state index contributed by atoms with van der Waals surface area (Å²) in [6, 6.07) is 15.9. The number of anilines is 1. The van der Waals surface area contributed by atoms with Crippen LogP contribution in [-0.4, -0.2) is 33.3 Å². The van der Waals surface area contributed by atoms with Gasteiger partial charge in [-0.2, -0.15) is 0 Å². The molecule has 0 radical (unpaired) electrons. The second-order valence-electron chi connectivity index (χ2n) is 7.15. The maximum absolute atomic E-state index is 12.6. The predicted molar refractivity (Wildman–Crippen MR) is 123 cm³/mol. The average molecular weight is 410 g/mol. The maximum atomic E-state index is 12.6. The molecule has 0 saturated heterocycles. The molecule has 0 amide bonds. The van der Waals surface area contributed by atoms with Gasteiger partial charge in [-0.1, -0.05) is 36.8 Å². The summed E-state index contributed by atoms with van der Waals surface area (Å²) in [5, 5.41) is 14.2. The molecule has 5 nitrogen and oxygen atoms in total. The predicted octanol–water partition coefficient (Wildman–Crippen LogP) is 3.98. The van der Waals surface area contributed by atoms with E-state index in [-0.39, 0.29) is 12.2 Å². The van der Waals surface area contributed by atoms with Gasteiger partial charge in [-0.15, -0.1) is 0 Å². The molecule has 0 atom stereocenters. The van der Waals surface area contributed by atoms with E-state index in [1.165, 1.54) is 5.56 Å². The number of nitrogens with zero attached hydrogens (tertiary/aromatic N) is 1. The molecule has 0 aliphatic heterocycles. The van der Waals surface area contributed by atoms with Gasteiger partial charge in [0.15, 0.2) is 5.11 Å². The molecule has 152 valence electrons. The number of aromatic amines is 1. The zero-order valence-electron chi connectivity index (χ0n) is 16.9. The van der Waals surface area contributed by atoms with Gasteiger partial charge in [0.25, 0.3) is 5.56 Å². The van der Waals surface area contributed by atoms with Crippen molar-refractivity contribution in [2.75, 3.05) is 18.5 Å². The van der Waals surface area contributed by atoms with Gasteiger partial charge in [0.2, 0.25) is 0 Å². The molecule has 0 unspecified atom stereocenters. The lowest BCUT2D eigenvalue weighted by atomic mass is 10.1. The summed E-state index contributed by atoms with van der Waals surface area (Å²) in [5.74, 6) is 0. The molecule has 3 N–H and O–H groups in total. The van der Waals surface area contributed by atoms with Crippen molar-refractivity contribution in [2.24, 2.45) is 0 Å². The van der Waals surface area contributed by atoms with Gasteiger partial charge >= 0.3 is 0 Å². The van der Waals surface area contributed by atoms with Gasteiger partial charge in [0.1, 0.15) is 0 Å². The lowest BCUT2D eigenvalue weighted by molar-refractivity contribution is 0.265. The highest BCUT2D eigenvalue weighted by molar-refractivity contribution is 7.80. The van der Waals surface area contributed by atoms with E-state index >= 15 is 0 Å². The fourth-order valence-corrected chi connectivity index (χ4v) is 3.62. The fourth-order valence-electron chi connectivity index (χ4n) is 3.35. The van der Waals surface area contributed by atoms with Gasteiger partial charge in [-0.05, 0) is 67.2 Å². The van der Waals surface area contributed by atoms with E-state index in [0.717, 1.165) is 28.6 Å². The Morgan fingerprint density at radius 2 is 1.97 bits per heavy atom. The van der Waals surface area contributed by atoms with Crippen molar-refractivity contribution >= 4 is 33.9 Å². The van der Waals surface area contributed by atoms with Crippen LogP contribution in [0.5, 0.6) is 0 Å². The summed E-state index contributed by atoms with van der Waals surface area (Å²) in [7, 11) is 0. The molecule has 1 aromatic heterocycles. The SMILES string of the molecule is CCc1ccccc1NC(=S)N(CCCO)Cc1cc2cc(C)ccc2[nH]c1=O. The van der Waals surface area contributed by atoms with Crippen LogP contribution >= 0.6 is 12.2 Å². The highest BCUT2D eigenvalue weighted by Gasteiger charge is 2.14. The van der Waals surface area contributed by atoms with E-state index in [0.29, 0.717) is 30.2 Å². The molecular weight excluding hydrogens is 382 g/mol. The number of H-pyrrole nitrogens is 1. The molecule has 3 rings (SSSR count). The van der Waals surface area contributed by atoms with Crippen LogP contribution in [0.25, 0.3) is 10.9 Å². The van der Waals surface area contributed by atoms with Crippen molar-refractivity contribution < 1.29 is 5.11 Å². The van der Waals surface area contributed by atoms with Crippen LogP contribution in [0.4, 0.5) is 5.69 Å². The molecule has 6 heteroatoms. The van der Waals surface area contributed by atoms with Crippen LogP contribution < -0.4 is 10.9 Å². The lowest BCUT2D eigenvalue weighted by Crippen LogP contribution is -2.37. The number of fused-ring (bicyclic) bond motifs is 1. The number of hydrogen-bond donors (Lipinski definition) is 3. The normalized spacial score (nSPS) is 10.9. The van der Waals surface area contributed by atoms with Crippen LogP contribution in [0.2, 0.25) is 0 Å². The van der Waals surface area contributed by atoms with Crippen molar-refractivity contribution in [3.05, 3.63) is 75.6 Å². The molecule has 29 heavy (non-hydrogen) atoms. The Balaban J connectivity index is 1.87. The third-order valence-electron chi connectivity index (χ3n) is 4.95. The van der Waals surface area contributed by atoms with E-state index in [4.69, 9.17) is 12.2 Å². The largest absolute Gasteiger partial charge is 0.396 e. The number of aliphatic hydroxyl groups excluding tert-OH is 1. The summed E-state index contributed by atoms with van der Waals surface area (Å²) < 4.78 is 0. The van der Waals surface area contributed by atoms with Crippen molar-refractivity contribution in [3.8, 4) is 0 Å². The smallest absolute Gasteiger partial charge is 0.253 e. The van der Waals surface area contributed by atoms with Gasteiger partial charge in [0, 0.05) is 29.9 Å². The van der Waals surface area contributed by atoms with E-state index in [9.17, 15) is 9.90 Å². The maximum Gasteiger partial charge on any atom is 0.253 e. The van der Waals surface area contributed by atoms with E-state index < -0.39 is 0 Å². The molecule has 0 aliphatic rings. The second kappa shape index (κ2) is 9.67. The number of para-hydroxylation sites is 1. The minimum atomic E-state index is -0.118. The van der Waals surface area contributed by atoms with Gasteiger partial charge in [-0.3, -0.25) is 4.79 Å². The summed E-state index contributed by atoms with van der Waals surface area (Å²) in [5.41, 5.74) is 4.64. The Morgan fingerprint density at radius 1 is 1.17 bits per heavy atom. The monoisotopic (exact) mass is 409 g/mol. The third kappa shape index (κ3) is 5.22. The topological polar surface area (TPSA) is 68.4 Å². The average Bonchev–Trinajstić information content (AvgIpc) is 2.72. The summed E-state index contributed by atoms with van der Waals surface area (Å²) in [4.78, 5) is 17.5. The van der Waals surface area contributed by atoms with Crippen LogP contribution in [0.3, 0.4) is 0 Å². The number of aliphatic hydroxyl groups is 1. The van der Waals surface area contributed by atoms with Crippen LogP contribution in [0, 0.1) is 6.92 Å². The number of nitrogens with one attached hydrogen (secondary N) is 2. The number of aromatic nitrogens is 1. The quantitative estimate of drug-likeness (QED) is 0.515. The minimum absolute atomic E-state index is 0.0674. The van der Waals surface area contributed by atoms with Crippen molar-refractivity contribution in [3.63, 3.8) is 0 Å². The minimum Gasteiger partial charge on any atom is -0.396 e. The standard InChI is InChI=1S/C23H27N3O2S/c1-3-17-7-4-5-8-20(17)25-23(29)26(11-6-12-27)15-19-14-18-13-16(2)9-10-21(18)24-22(19)28/h4-5,7-10,13-14,27H,3,6,11-12,15H2,1-2H3,(H,24,28)(H,25,29). The van der Waals surface area contributed by atoms with Crippen LogP contribution in [0.1, 0.15) is 30.0 Å². The Morgan fingerprint density at radius 3 is 2.72 bits per heavy atom. The van der Waals surface area contributed by atoms with Gasteiger partial charge < -0.3 is 20.3 Å². The highest BCUT2D eigenvalue weighted by atomic mass is 32.1.